The normalized spacial score (nSPS) is 12.4. The predicted octanol–water partition coefficient (Wildman–Crippen LogP) is 5.59. The number of nitrogen functional groups attached to an aromatic ring is 1. The van der Waals surface area contributed by atoms with Gasteiger partial charge in [-0.1, -0.05) is 39.1 Å². The number of halogens is 4. The summed E-state index contributed by atoms with van der Waals surface area (Å²) >= 11 is 15.7. The fraction of sp³-hybridized carbons (Fsp3) is 0.125. The van der Waals surface area contributed by atoms with Gasteiger partial charge in [-0.15, -0.1) is 0 Å². The molecule has 0 fully saturated rings. The first-order valence-electron chi connectivity index (χ1n) is 6.99. The van der Waals surface area contributed by atoms with Crippen LogP contribution in [0.5, 0.6) is 0 Å². The third-order valence-electron chi connectivity index (χ3n) is 3.54. The number of rotatable bonds is 3. The standard InChI is InChI=1S/C16H12BrCl2FN4/c1-7(13-10(18)3-4-11(20)14(13)19)22-15-9-6-8(17)2-5-12(9)23-16(21)24-15/h2-7H,1H3,(H3,21,22,23,24). The van der Waals surface area contributed by atoms with Crippen molar-refractivity contribution in [3.05, 3.63) is 56.2 Å². The number of benzene rings is 2. The molecule has 1 atom stereocenters. The summed E-state index contributed by atoms with van der Waals surface area (Å²) in [5, 5.41) is 4.31. The maximum absolute atomic E-state index is 13.8. The van der Waals surface area contributed by atoms with Gasteiger partial charge < -0.3 is 11.1 Å². The Bertz CT molecular complexity index is 936. The van der Waals surface area contributed by atoms with E-state index in [-0.39, 0.29) is 11.0 Å². The first kappa shape index (κ1) is 17.2. The molecule has 0 aliphatic rings. The highest BCUT2D eigenvalue weighted by Gasteiger charge is 2.19. The van der Waals surface area contributed by atoms with E-state index in [9.17, 15) is 4.39 Å². The van der Waals surface area contributed by atoms with Crippen LogP contribution in [0.25, 0.3) is 10.9 Å². The van der Waals surface area contributed by atoms with Crippen LogP contribution in [0.15, 0.2) is 34.8 Å². The zero-order valence-corrected chi connectivity index (χ0v) is 15.5. The Morgan fingerprint density at radius 2 is 1.96 bits per heavy atom. The van der Waals surface area contributed by atoms with Gasteiger partial charge in [0, 0.05) is 20.4 Å². The van der Waals surface area contributed by atoms with Crippen LogP contribution in [0, 0.1) is 5.82 Å². The van der Waals surface area contributed by atoms with Gasteiger partial charge in [-0.05, 0) is 37.3 Å². The van der Waals surface area contributed by atoms with E-state index in [0.717, 1.165) is 9.86 Å². The van der Waals surface area contributed by atoms with Crippen molar-refractivity contribution < 1.29 is 4.39 Å². The summed E-state index contributed by atoms with van der Waals surface area (Å²) in [5.41, 5.74) is 6.92. The third-order valence-corrected chi connectivity index (χ3v) is 4.75. The highest BCUT2D eigenvalue weighted by Crippen LogP contribution is 2.35. The van der Waals surface area contributed by atoms with E-state index in [4.69, 9.17) is 28.9 Å². The van der Waals surface area contributed by atoms with E-state index < -0.39 is 11.9 Å². The van der Waals surface area contributed by atoms with Crippen LogP contribution in [-0.4, -0.2) is 9.97 Å². The molecule has 8 heteroatoms. The monoisotopic (exact) mass is 428 g/mol. The zero-order valence-electron chi connectivity index (χ0n) is 12.4. The summed E-state index contributed by atoms with van der Waals surface area (Å²) in [5.74, 6) is 0.123. The zero-order chi connectivity index (χ0) is 17.4. The molecule has 0 radical (unpaired) electrons. The number of hydrogen-bond donors (Lipinski definition) is 2. The van der Waals surface area contributed by atoms with Crippen molar-refractivity contribution in [3.8, 4) is 0 Å². The average molecular weight is 430 g/mol. The SMILES string of the molecule is CC(Nc1nc(N)nc2ccc(Br)cc12)c1c(Cl)ccc(F)c1Cl. The lowest BCUT2D eigenvalue weighted by Gasteiger charge is -2.19. The molecule has 0 saturated carbocycles. The highest BCUT2D eigenvalue weighted by atomic mass is 79.9. The molecule has 0 aliphatic carbocycles. The molecule has 124 valence electrons. The summed E-state index contributed by atoms with van der Waals surface area (Å²) in [4.78, 5) is 8.44. The molecule has 0 saturated heterocycles. The van der Waals surface area contributed by atoms with Crippen molar-refractivity contribution in [2.75, 3.05) is 11.1 Å². The van der Waals surface area contributed by atoms with Gasteiger partial charge in [0.25, 0.3) is 0 Å². The Labute approximate surface area is 156 Å². The van der Waals surface area contributed by atoms with E-state index in [2.05, 4.69) is 31.2 Å². The fourth-order valence-corrected chi connectivity index (χ4v) is 3.50. The van der Waals surface area contributed by atoms with Crippen LogP contribution in [0.2, 0.25) is 10.0 Å². The second-order valence-electron chi connectivity index (χ2n) is 5.21. The van der Waals surface area contributed by atoms with E-state index in [0.29, 0.717) is 21.9 Å². The van der Waals surface area contributed by atoms with Gasteiger partial charge in [0.05, 0.1) is 16.6 Å². The van der Waals surface area contributed by atoms with E-state index >= 15 is 0 Å². The number of nitrogens with one attached hydrogen (secondary N) is 1. The Morgan fingerprint density at radius 3 is 2.71 bits per heavy atom. The summed E-state index contributed by atoms with van der Waals surface area (Å²) in [6, 6.07) is 7.88. The van der Waals surface area contributed by atoms with E-state index in [1.165, 1.54) is 12.1 Å². The van der Waals surface area contributed by atoms with Crippen LogP contribution in [0.3, 0.4) is 0 Å². The lowest BCUT2D eigenvalue weighted by molar-refractivity contribution is 0.624. The van der Waals surface area contributed by atoms with Gasteiger partial charge in [-0.2, -0.15) is 4.98 Å². The quantitative estimate of drug-likeness (QED) is 0.532. The second-order valence-corrected chi connectivity index (χ2v) is 6.92. The van der Waals surface area contributed by atoms with Gasteiger partial charge in [0.15, 0.2) is 0 Å². The summed E-state index contributed by atoms with van der Waals surface area (Å²) < 4.78 is 14.6. The van der Waals surface area contributed by atoms with Crippen molar-refractivity contribution in [1.82, 2.24) is 9.97 Å². The Morgan fingerprint density at radius 1 is 1.21 bits per heavy atom. The number of anilines is 2. The van der Waals surface area contributed by atoms with Gasteiger partial charge >= 0.3 is 0 Å². The molecule has 1 heterocycles. The molecule has 0 bridgehead atoms. The molecule has 24 heavy (non-hydrogen) atoms. The van der Waals surface area contributed by atoms with Crippen molar-refractivity contribution in [2.45, 2.75) is 13.0 Å². The lowest BCUT2D eigenvalue weighted by Crippen LogP contribution is -2.11. The Kier molecular flexibility index (Phi) is 4.80. The van der Waals surface area contributed by atoms with Crippen LogP contribution >= 0.6 is 39.1 Å². The maximum Gasteiger partial charge on any atom is 0.222 e. The van der Waals surface area contributed by atoms with Crippen molar-refractivity contribution in [2.24, 2.45) is 0 Å². The minimum absolute atomic E-state index is 0.0185. The molecule has 3 aromatic rings. The molecule has 2 aromatic carbocycles. The maximum atomic E-state index is 13.8. The molecule has 4 nitrogen and oxygen atoms in total. The molecule has 0 spiro atoms. The minimum Gasteiger partial charge on any atom is -0.368 e. The smallest absolute Gasteiger partial charge is 0.222 e. The first-order valence-corrected chi connectivity index (χ1v) is 8.54. The Balaban J connectivity index is 2.07. The summed E-state index contributed by atoms with van der Waals surface area (Å²) in [6.07, 6.45) is 0. The van der Waals surface area contributed by atoms with Gasteiger partial charge in [0.2, 0.25) is 5.95 Å². The molecule has 1 aromatic heterocycles. The average Bonchev–Trinajstić information content (AvgIpc) is 2.52. The lowest BCUT2D eigenvalue weighted by atomic mass is 10.1. The summed E-state index contributed by atoms with van der Waals surface area (Å²) in [7, 11) is 0. The minimum atomic E-state index is -0.528. The topological polar surface area (TPSA) is 63.8 Å². The van der Waals surface area contributed by atoms with Crippen LogP contribution < -0.4 is 11.1 Å². The highest BCUT2D eigenvalue weighted by molar-refractivity contribution is 9.10. The number of nitrogens with zero attached hydrogens (tertiary/aromatic N) is 2. The summed E-state index contributed by atoms with van der Waals surface area (Å²) in [6.45, 7) is 1.81. The molecule has 3 N–H and O–H groups in total. The number of aromatic nitrogens is 2. The molecule has 1 unspecified atom stereocenters. The Hall–Kier alpha value is -1.63. The molecule has 3 rings (SSSR count). The van der Waals surface area contributed by atoms with Crippen LogP contribution in [0.1, 0.15) is 18.5 Å². The molecule has 0 amide bonds. The first-order chi connectivity index (χ1) is 11.4. The molecular formula is C16H12BrCl2FN4. The molecular weight excluding hydrogens is 418 g/mol. The fourth-order valence-electron chi connectivity index (χ4n) is 2.45. The second kappa shape index (κ2) is 6.70. The predicted molar refractivity (Wildman–Crippen MR) is 100 cm³/mol. The third kappa shape index (κ3) is 3.27. The van der Waals surface area contributed by atoms with Gasteiger partial charge in [-0.25, -0.2) is 9.37 Å². The van der Waals surface area contributed by atoms with Crippen LogP contribution in [0.4, 0.5) is 16.2 Å². The van der Waals surface area contributed by atoms with E-state index in [1.54, 1.807) is 0 Å². The number of hydrogen-bond acceptors (Lipinski definition) is 4. The van der Waals surface area contributed by atoms with Crippen molar-refractivity contribution >= 4 is 61.8 Å². The largest absolute Gasteiger partial charge is 0.368 e. The van der Waals surface area contributed by atoms with Gasteiger partial charge in [0.1, 0.15) is 11.6 Å². The number of nitrogens with two attached hydrogens (primary N) is 1. The number of fused-ring (bicyclic) bond motifs is 1. The van der Waals surface area contributed by atoms with Crippen molar-refractivity contribution in [3.63, 3.8) is 0 Å². The van der Waals surface area contributed by atoms with E-state index in [1.807, 2.05) is 25.1 Å². The van der Waals surface area contributed by atoms with Crippen molar-refractivity contribution in [1.29, 1.82) is 0 Å². The van der Waals surface area contributed by atoms with Gasteiger partial charge in [-0.3, -0.25) is 0 Å². The molecule has 0 aliphatic heterocycles. The van der Waals surface area contributed by atoms with Crippen LogP contribution in [-0.2, 0) is 0 Å².